The number of hydrogen-bond donors (Lipinski definition) is 1. The Kier molecular flexibility index (Phi) is 3.90. The van der Waals surface area contributed by atoms with Gasteiger partial charge in [0, 0.05) is 31.8 Å². The van der Waals surface area contributed by atoms with Crippen LogP contribution in [0.2, 0.25) is 5.02 Å². The lowest BCUT2D eigenvalue weighted by Crippen LogP contribution is -2.27. The van der Waals surface area contributed by atoms with Gasteiger partial charge in [-0.1, -0.05) is 11.6 Å². The van der Waals surface area contributed by atoms with Crippen molar-refractivity contribution in [3.8, 4) is 0 Å². The molecule has 0 aliphatic carbocycles. The van der Waals surface area contributed by atoms with Gasteiger partial charge >= 0.3 is 0 Å². The predicted octanol–water partition coefficient (Wildman–Crippen LogP) is 2.53. The minimum Gasteiger partial charge on any atom is -0.381 e. The van der Waals surface area contributed by atoms with Gasteiger partial charge < -0.3 is 10.2 Å². The van der Waals surface area contributed by atoms with Crippen molar-refractivity contribution in [3.05, 3.63) is 32.8 Å². The molecule has 102 valence electrons. The first kappa shape index (κ1) is 13.6. The van der Waals surface area contributed by atoms with Crippen molar-refractivity contribution in [2.75, 3.05) is 25.5 Å². The van der Waals surface area contributed by atoms with E-state index in [-0.39, 0.29) is 27.9 Å². The molecule has 2 rings (SSSR count). The highest BCUT2D eigenvalue weighted by Gasteiger charge is 2.24. The zero-order valence-corrected chi connectivity index (χ0v) is 11.2. The molecular formula is C12H14ClN3O3. The van der Waals surface area contributed by atoms with Crippen molar-refractivity contribution in [1.29, 1.82) is 0 Å². The van der Waals surface area contributed by atoms with Gasteiger partial charge in [0.05, 0.1) is 9.95 Å². The van der Waals surface area contributed by atoms with Gasteiger partial charge in [-0.2, -0.15) is 0 Å². The molecule has 19 heavy (non-hydrogen) atoms. The van der Waals surface area contributed by atoms with E-state index < -0.39 is 4.92 Å². The fourth-order valence-corrected chi connectivity index (χ4v) is 2.52. The van der Waals surface area contributed by atoms with Crippen molar-refractivity contribution >= 4 is 28.9 Å². The van der Waals surface area contributed by atoms with Crippen LogP contribution >= 0.6 is 11.6 Å². The summed E-state index contributed by atoms with van der Waals surface area (Å²) in [6.07, 6.45) is 1.94. The highest BCUT2D eigenvalue weighted by atomic mass is 35.5. The number of halogens is 1. The Labute approximate surface area is 115 Å². The van der Waals surface area contributed by atoms with Crippen LogP contribution in [0.1, 0.15) is 23.2 Å². The Morgan fingerprint density at radius 1 is 1.42 bits per heavy atom. The maximum Gasteiger partial charge on any atom is 0.294 e. The van der Waals surface area contributed by atoms with E-state index in [2.05, 4.69) is 5.32 Å². The Bertz CT molecular complexity index is 527. The molecule has 1 aromatic carbocycles. The van der Waals surface area contributed by atoms with Gasteiger partial charge in [0.25, 0.3) is 11.6 Å². The topological polar surface area (TPSA) is 75.5 Å². The molecule has 1 saturated heterocycles. The van der Waals surface area contributed by atoms with Crippen LogP contribution in [0.15, 0.2) is 12.1 Å². The number of nitro groups is 1. The molecule has 0 saturated carbocycles. The predicted molar refractivity (Wildman–Crippen MR) is 72.8 cm³/mol. The minimum absolute atomic E-state index is 0.180. The molecule has 1 amide bonds. The quantitative estimate of drug-likeness (QED) is 0.683. The highest BCUT2D eigenvalue weighted by molar-refractivity contribution is 6.34. The Morgan fingerprint density at radius 2 is 2.05 bits per heavy atom. The molecule has 0 spiro atoms. The average molecular weight is 284 g/mol. The molecule has 7 heteroatoms. The number of likely N-dealkylation sites (tertiary alicyclic amines) is 1. The molecule has 0 radical (unpaired) electrons. The summed E-state index contributed by atoms with van der Waals surface area (Å²) in [5.41, 5.74) is 0.305. The van der Waals surface area contributed by atoms with Gasteiger partial charge in [0.15, 0.2) is 0 Å². The van der Waals surface area contributed by atoms with Crippen LogP contribution in [0.3, 0.4) is 0 Å². The monoisotopic (exact) mass is 283 g/mol. The van der Waals surface area contributed by atoms with Crippen LogP contribution in [0.25, 0.3) is 0 Å². The molecule has 1 aromatic rings. The fourth-order valence-electron chi connectivity index (χ4n) is 2.21. The number of nitrogens with one attached hydrogen (secondary N) is 1. The number of anilines is 1. The number of benzene rings is 1. The molecule has 0 unspecified atom stereocenters. The molecule has 1 fully saturated rings. The fraction of sp³-hybridized carbons (Fsp3) is 0.417. The summed E-state index contributed by atoms with van der Waals surface area (Å²) in [5, 5.41) is 13.9. The summed E-state index contributed by atoms with van der Waals surface area (Å²) in [5.74, 6) is -0.204. The second-order valence-corrected chi connectivity index (χ2v) is 4.77. The van der Waals surface area contributed by atoms with Gasteiger partial charge in [0.2, 0.25) is 0 Å². The summed E-state index contributed by atoms with van der Waals surface area (Å²) >= 11 is 5.99. The standard InChI is InChI=1S/C12H14ClN3O3/c1-14-11-9(13)6-8(7-10(11)16(18)19)12(17)15-4-2-3-5-15/h6-7,14H,2-5H2,1H3. The number of rotatable bonds is 3. The normalized spacial score (nSPS) is 14.5. The third-order valence-electron chi connectivity index (χ3n) is 3.16. The largest absolute Gasteiger partial charge is 0.381 e. The Balaban J connectivity index is 2.41. The summed E-state index contributed by atoms with van der Waals surface area (Å²) < 4.78 is 0. The van der Waals surface area contributed by atoms with Crippen LogP contribution in [0, 0.1) is 10.1 Å². The second-order valence-electron chi connectivity index (χ2n) is 4.36. The smallest absolute Gasteiger partial charge is 0.294 e. The first-order valence-electron chi connectivity index (χ1n) is 5.99. The van der Waals surface area contributed by atoms with Crippen molar-refractivity contribution in [2.45, 2.75) is 12.8 Å². The van der Waals surface area contributed by atoms with E-state index in [0.717, 1.165) is 12.8 Å². The van der Waals surface area contributed by atoms with Crippen LogP contribution in [-0.2, 0) is 0 Å². The number of hydrogen-bond acceptors (Lipinski definition) is 4. The number of carbonyl (C=O) groups excluding carboxylic acids is 1. The number of nitro benzene ring substituents is 1. The van der Waals surface area contributed by atoms with E-state index in [1.54, 1.807) is 11.9 Å². The van der Waals surface area contributed by atoms with Gasteiger partial charge in [-0.25, -0.2) is 0 Å². The number of nitrogens with zero attached hydrogens (tertiary/aromatic N) is 2. The molecule has 0 bridgehead atoms. The second kappa shape index (κ2) is 5.44. The first-order chi connectivity index (χ1) is 9.04. The maximum atomic E-state index is 12.2. The van der Waals surface area contributed by atoms with E-state index in [9.17, 15) is 14.9 Å². The average Bonchev–Trinajstić information content (AvgIpc) is 2.90. The van der Waals surface area contributed by atoms with Crippen LogP contribution in [0.4, 0.5) is 11.4 Å². The number of amides is 1. The SMILES string of the molecule is CNc1c(Cl)cc(C(=O)N2CCCC2)cc1[N+](=O)[O-]. The Morgan fingerprint density at radius 3 is 2.58 bits per heavy atom. The van der Waals surface area contributed by atoms with E-state index >= 15 is 0 Å². The van der Waals surface area contributed by atoms with Crippen LogP contribution in [-0.4, -0.2) is 35.9 Å². The highest BCUT2D eigenvalue weighted by Crippen LogP contribution is 2.34. The zero-order chi connectivity index (χ0) is 14.0. The minimum atomic E-state index is -0.543. The van der Waals surface area contributed by atoms with E-state index in [1.807, 2.05) is 0 Å². The number of carbonyl (C=O) groups is 1. The van der Waals surface area contributed by atoms with E-state index in [0.29, 0.717) is 13.1 Å². The lowest BCUT2D eigenvalue weighted by molar-refractivity contribution is -0.384. The molecule has 0 aromatic heterocycles. The lowest BCUT2D eigenvalue weighted by Gasteiger charge is -2.16. The first-order valence-corrected chi connectivity index (χ1v) is 6.37. The maximum absolute atomic E-state index is 12.2. The van der Waals surface area contributed by atoms with Crippen molar-refractivity contribution in [1.82, 2.24) is 4.90 Å². The van der Waals surface area contributed by atoms with Crippen molar-refractivity contribution in [2.24, 2.45) is 0 Å². The molecule has 0 atom stereocenters. The van der Waals surface area contributed by atoms with Gasteiger partial charge in [-0.3, -0.25) is 14.9 Å². The third-order valence-corrected chi connectivity index (χ3v) is 3.45. The third kappa shape index (κ3) is 2.63. The summed E-state index contributed by atoms with van der Waals surface area (Å²) in [7, 11) is 1.55. The molecule has 1 aliphatic heterocycles. The van der Waals surface area contributed by atoms with Crippen molar-refractivity contribution < 1.29 is 9.72 Å². The molecule has 1 aliphatic rings. The lowest BCUT2D eigenvalue weighted by atomic mass is 10.1. The molecular weight excluding hydrogens is 270 g/mol. The van der Waals surface area contributed by atoms with Gasteiger partial charge in [-0.05, 0) is 18.9 Å². The molecule has 6 nitrogen and oxygen atoms in total. The van der Waals surface area contributed by atoms with Gasteiger partial charge in [0.1, 0.15) is 5.69 Å². The van der Waals surface area contributed by atoms with Crippen LogP contribution in [0.5, 0.6) is 0 Å². The van der Waals surface area contributed by atoms with E-state index in [4.69, 9.17) is 11.6 Å². The van der Waals surface area contributed by atoms with Crippen molar-refractivity contribution in [3.63, 3.8) is 0 Å². The summed E-state index contributed by atoms with van der Waals surface area (Å²) in [6, 6.07) is 2.75. The van der Waals surface area contributed by atoms with E-state index in [1.165, 1.54) is 12.1 Å². The van der Waals surface area contributed by atoms with Crippen LogP contribution < -0.4 is 5.32 Å². The zero-order valence-electron chi connectivity index (χ0n) is 10.5. The molecule has 1 N–H and O–H groups in total. The molecule has 1 heterocycles. The summed E-state index contributed by atoms with van der Waals surface area (Å²) in [4.78, 5) is 24.4. The van der Waals surface area contributed by atoms with Gasteiger partial charge in [-0.15, -0.1) is 0 Å². The Hall–Kier alpha value is -1.82. The summed E-state index contributed by atoms with van der Waals surface area (Å²) in [6.45, 7) is 1.38.